The SMILES string of the molecule is C=CC(=O)N1CCN(c2nc(OCC3CCCC3)nc3c2CN(Cc2c(O)cccc2F)C3)C[C@@H]1CC#N. The zero-order valence-corrected chi connectivity index (χ0v) is 21.5. The van der Waals surface area contributed by atoms with E-state index in [4.69, 9.17) is 14.7 Å². The molecule has 3 heterocycles. The summed E-state index contributed by atoms with van der Waals surface area (Å²) in [7, 11) is 0. The molecule has 2 aromatic rings. The Morgan fingerprint density at radius 3 is 2.82 bits per heavy atom. The molecule has 1 aromatic heterocycles. The fourth-order valence-corrected chi connectivity index (χ4v) is 5.75. The van der Waals surface area contributed by atoms with E-state index in [9.17, 15) is 19.6 Å². The second-order valence-electron chi connectivity index (χ2n) is 10.3. The Labute approximate surface area is 222 Å². The van der Waals surface area contributed by atoms with E-state index >= 15 is 0 Å². The zero-order valence-electron chi connectivity index (χ0n) is 21.5. The molecule has 1 aromatic carbocycles. The number of piperazine rings is 1. The molecule has 2 fully saturated rings. The Balaban J connectivity index is 1.41. The highest BCUT2D eigenvalue weighted by molar-refractivity contribution is 5.87. The number of amides is 1. The number of fused-ring (bicyclic) bond motifs is 1. The fraction of sp³-hybridized carbons (Fsp3) is 0.500. The van der Waals surface area contributed by atoms with Crippen LogP contribution in [0.4, 0.5) is 10.2 Å². The smallest absolute Gasteiger partial charge is 0.318 e. The van der Waals surface area contributed by atoms with E-state index in [2.05, 4.69) is 17.5 Å². The molecule has 1 saturated carbocycles. The molecule has 1 saturated heterocycles. The van der Waals surface area contributed by atoms with Gasteiger partial charge >= 0.3 is 6.01 Å². The van der Waals surface area contributed by atoms with Crippen LogP contribution in [0, 0.1) is 23.1 Å². The molecule has 10 heteroatoms. The second kappa shape index (κ2) is 11.4. The van der Waals surface area contributed by atoms with Crippen LogP contribution in [0.5, 0.6) is 11.8 Å². The first-order valence-corrected chi connectivity index (χ1v) is 13.2. The van der Waals surface area contributed by atoms with E-state index in [0.29, 0.717) is 51.3 Å². The number of phenols is 1. The van der Waals surface area contributed by atoms with Gasteiger partial charge in [0.2, 0.25) is 5.91 Å². The fourth-order valence-electron chi connectivity index (χ4n) is 5.75. The van der Waals surface area contributed by atoms with E-state index in [1.165, 1.54) is 37.1 Å². The summed E-state index contributed by atoms with van der Waals surface area (Å²) in [6.07, 6.45) is 6.21. The Morgan fingerprint density at radius 1 is 1.26 bits per heavy atom. The second-order valence-corrected chi connectivity index (χ2v) is 10.3. The third-order valence-electron chi connectivity index (χ3n) is 7.77. The molecule has 200 valence electrons. The number of benzene rings is 1. The molecule has 1 aliphatic carbocycles. The summed E-state index contributed by atoms with van der Waals surface area (Å²) in [5.41, 5.74) is 1.99. The van der Waals surface area contributed by atoms with Crippen LogP contribution in [0.2, 0.25) is 0 Å². The lowest BCUT2D eigenvalue weighted by atomic mass is 10.1. The summed E-state index contributed by atoms with van der Waals surface area (Å²) in [6, 6.07) is 6.55. The number of ether oxygens (including phenoxy) is 1. The Hall–Kier alpha value is -3.71. The van der Waals surface area contributed by atoms with Crippen LogP contribution < -0.4 is 9.64 Å². The van der Waals surface area contributed by atoms with Gasteiger partial charge in [0.25, 0.3) is 0 Å². The number of halogens is 1. The van der Waals surface area contributed by atoms with Crippen LogP contribution >= 0.6 is 0 Å². The minimum Gasteiger partial charge on any atom is -0.508 e. The molecule has 38 heavy (non-hydrogen) atoms. The van der Waals surface area contributed by atoms with Crippen molar-refractivity contribution in [3.63, 3.8) is 0 Å². The first-order chi connectivity index (χ1) is 18.5. The van der Waals surface area contributed by atoms with Crippen LogP contribution in [0.1, 0.15) is 48.9 Å². The number of rotatable bonds is 8. The molecule has 1 N–H and O–H groups in total. The summed E-state index contributed by atoms with van der Waals surface area (Å²) in [5.74, 6) is 0.523. The number of phenolic OH excluding ortho intramolecular Hbond substituents is 1. The summed E-state index contributed by atoms with van der Waals surface area (Å²) < 4.78 is 20.5. The van der Waals surface area contributed by atoms with Gasteiger partial charge in [-0.05, 0) is 37.0 Å². The van der Waals surface area contributed by atoms with Crippen molar-refractivity contribution in [2.75, 3.05) is 31.1 Å². The van der Waals surface area contributed by atoms with Crippen LogP contribution in [0.25, 0.3) is 0 Å². The molecule has 1 atom stereocenters. The maximum atomic E-state index is 14.5. The molecule has 2 aliphatic heterocycles. The van der Waals surface area contributed by atoms with Gasteiger partial charge in [-0.2, -0.15) is 15.2 Å². The summed E-state index contributed by atoms with van der Waals surface area (Å²) in [6.45, 7) is 6.79. The van der Waals surface area contributed by atoms with Gasteiger partial charge in [-0.3, -0.25) is 9.69 Å². The molecule has 0 bridgehead atoms. The molecule has 0 spiro atoms. The quantitative estimate of drug-likeness (QED) is 0.527. The number of carbonyl (C=O) groups excluding carboxylic acids is 1. The molecule has 3 aliphatic rings. The van der Waals surface area contributed by atoms with Crippen molar-refractivity contribution >= 4 is 11.7 Å². The average Bonchev–Trinajstić information content (AvgIpc) is 3.58. The van der Waals surface area contributed by atoms with Crippen molar-refractivity contribution < 1.29 is 19.0 Å². The number of aromatic nitrogens is 2. The molecular weight excluding hydrogens is 487 g/mol. The first-order valence-electron chi connectivity index (χ1n) is 13.2. The van der Waals surface area contributed by atoms with Crippen LogP contribution in [0.3, 0.4) is 0 Å². The van der Waals surface area contributed by atoms with Crippen molar-refractivity contribution in [2.24, 2.45) is 5.92 Å². The van der Waals surface area contributed by atoms with Crippen molar-refractivity contribution in [3.8, 4) is 17.8 Å². The van der Waals surface area contributed by atoms with Gasteiger partial charge in [-0.1, -0.05) is 25.5 Å². The lowest BCUT2D eigenvalue weighted by Crippen LogP contribution is -2.55. The molecule has 9 nitrogen and oxygen atoms in total. The van der Waals surface area contributed by atoms with Crippen LogP contribution in [-0.4, -0.2) is 63.1 Å². The van der Waals surface area contributed by atoms with Gasteiger partial charge < -0.3 is 19.6 Å². The van der Waals surface area contributed by atoms with Crippen LogP contribution in [-0.2, 0) is 24.4 Å². The largest absolute Gasteiger partial charge is 0.508 e. The third-order valence-corrected chi connectivity index (χ3v) is 7.77. The van der Waals surface area contributed by atoms with Crippen molar-refractivity contribution in [3.05, 3.63) is 53.5 Å². The average molecular weight is 521 g/mol. The lowest BCUT2D eigenvalue weighted by molar-refractivity contribution is -0.128. The maximum absolute atomic E-state index is 14.5. The zero-order chi connectivity index (χ0) is 26.6. The summed E-state index contributed by atoms with van der Waals surface area (Å²) in [5, 5.41) is 19.6. The van der Waals surface area contributed by atoms with Crippen molar-refractivity contribution in [1.82, 2.24) is 19.8 Å². The first kappa shape index (κ1) is 25.9. The number of aromatic hydroxyl groups is 1. The third kappa shape index (κ3) is 5.43. The maximum Gasteiger partial charge on any atom is 0.318 e. The highest BCUT2D eigenvalue weighted by atomic mass is 19.1. The van der Waals surface area contributed by atoms with Gasteiger partial charge in [0.15, 0.2) is 0 Å². The minimum atomic E-state index is -0.449. The van der Waals surface area contributed by atoms with E-state index in [1.807, 2.05) is 4.90 Å². The normalized spacial score (nSPS) is 19.8. The van der Waals surface area contributed by atoms with Crippen LogP contribution in [0.15, 0.2) is 30.9 Å². The number of carbonyl (C=O) groups is 1. The van der Waals surface area contributed by atoms with E-state index in [1.54, 1.807) is 4.90 Å². The van der Waals surface area contributed by atoms with E-state index in [-0.39, 0.29) is 36.2 Å². The van der Waals surface area contributed by atoms with Gasteiger partial charge in [-0.15, -0.1) is 0 Å². The highest BCUT2D eigenvalue weighted by Gasteiger charge is 2.34. The standard InChI is InChI=1S/C28H33FN6O3/c1-2-26(37)35-13-12-34(14-20(35)10-11-30)27-22-16-33(15-21-23(29)8-5-9-25(21)36)17-24(22)31-28(32-27)38-18-19-6-3-4-7-19/h2,5,8-9,19-20,36H,1,3-4,6-7,10,12-18H2/t20-/m0/s1. The summed E-state index contributed by atoms with van der Waals surface area (Å²) in [4.78, 5) is 27.8. The monoisotopic (exact) mass is 520 g/mol. The number of hydrogen-bond acceptors (Lipinski definition) is 8. The molecular formula is C28H33FN6O3. The van der Waals surface area contributed by atoms with Crippen molar-refractivity contribution in [2.45, 2.75) is 57.8 Å². The molecule has 0 unspecified atom stereocenters. The van der Waals surface area contributed by atoms with E-state index < -0.39 is 5.82 Å². The predicted octanol–water partition coefficient (Wildman–Crippen LogP) is 3.52. The highest BCUT2D eigenvalue weighted by Crippen LogP contribution is 2.35. The topological polar surface area (TPSA) is 106 Å². The van der Waals surface area contributed by atoms with Gasteiger partial charge in [0.1, 0.15) is 17.4 Å². The number of anilines is 1. The van der Waals surface area contributed by atoms with Gasteiger partial charge in [-0.25, -0.2) is 4.39 Å². The number of nitriles is 1. The van der Waals surface area contributed by atoms with Gasteiger partial charge in [0.05, 0.1) is 30.8 Å². The minimum absolute atomic E-state index is 0.0739. The predicted molar refractivity (Wildman–Crippen MR) is 139 cm³/mol. The number of nitrogens with zero attached hydrogens (tertiary/aromatic N) is 6. The van der Waals surface area contributed by atoms with E-state index in [0.717, 1.165) is 29.9 Å². The Kier molecular flexibility index (Phi) is 7.74. The number of hydrogen-bond donors (Lipinski definition) is 1. The molecule has 0 radical (unpaired) electrons. The van der Waals surface area contributed by atoms with Crippen molar-refractivity contribution in [1.29, 1.82) is 5.26 Å². The lowest BCUT2D eigenvalue weighted by Gasteiger charge is -2.41. The Bertz CT molecular complexity index is 1220. The van der Waals surface area contributed by atoms with Gasteiger partial charge in [0, 0.05) is 50.4 Å². The Morgan fingerprint density at radius 2 is 2.08 bits per heavy atom. The molecule has 1 amide bonds. The summed E-state index contributed by atoms with van der Waals surface area (Å²) >= 11 is 0. The molecule has 5 rings (SSSR count).